The maximum absolute atomic E-state index is 12.9. The van der Waals surface area contributed by atoms with Crippen LogP contribution in [0.5, 0.6) is 0 Å². The van der Waals surface area contributed by atoms with Crippen LogP contribution in [0.1, 0.15) is 34.0 Å². The van der Waals surface area contributed by atoms with E-state index in [0.29, 0.717) is 22.3 Å². The van der Waals surface area contributed by atoms with E-state index >= 15 is 0 Å². The second-order valence-corrected chi connectivity index (χ2v) is 10.8. The van der Waals surface area contributed by atoms with E-state index < -0.39 is 5.97 Å². The fraction of sp³-hybridized carbons (Fsp3) is 0.280. The Morgan fingerprint density at radius 2 is 1.91 bits per heavy atom. The van der Waals surface area contributed by atoms with Crippen LogP contribution < -0.4 is 5.32 Å². The molecule has 4 aromatic rings. The number of amides is 1. The molecule has 3 aromatic heterocycles. The van der Waals surface area contributed by atoms with E-state index in [1.807, 2.05) is 48.7 Å². The Morgan fingerprint density at radius 3 is 2.57 bits per heavy atom. The largest absolute Gasteiger partial charge is 0.465 e. The molecule has 10 heteroatoms. The summed E-state index contributed by atoms with van der Waals surface area (Å²) in [5.74, 6) is 0.242. The van der Waals surface area contributed by atoms with E-state index in [2.05, 4.69) is 33.9 Å². The van der Waals surface area contributed by atoms with Gasteiger partial charge in [0, 0.05) is 32.8 Å². The fourth-order valence-corrected chi connectivity index (χ4v) is 6.45. The lowest BCUT2D eigenvalue weighted by atomic mass is 10.0. The van der Waals surface area contributed by atoms with Gasteiger partial charge in [-0.3, -0.25) is 4.79 Å². The number of aryl methyl sites for hydroxylation is 2. The van der Waals surface area contributed by atoms with Crippen LogP contribution in [0.3, 0.4) is 0 Å². The van der Waals surface area contributed by atoms with Crippen LogP contribution in [0.2, 0.25) is 0 Å². The molecule has 0 saturated heterocycles. The van der Waals surface area contributed by atoms with Crippen molar-refractivity contribution in [2.24, 2.45) is 0 Å². The molecule has 0 unspecified atom stereocenters. The van der Waals surface area contributed by atoms with Crippen LogP contribution in [-0.4, -0.2) is 39.5 Å². The van der Waals surface area contributed by atoms with Crippen molar-refractivity contribution in [3.8, 4) is 22.5 Å². The smallest absolute Gasteiger partial charge is 0.341 e. The zero-order chi connectivity index (χ0) is 24.9. The summed E-state index contributed by atoms with van der Waals surface area (Å²) in [6, 6.07) is 11.8. The minimum atomic E-state index is -0.478. The first kappa shape index (κ1) is 25.2. The maximum Gasteiger partial charge on any atom is 0.341 e. The number of carbonyl (C=O) groups excluding carboxylic acids is 2. The van der Waals surface area contributed by atoms with Crippen molar-refractivity contribution in [3.05, 3.63) is 57.1 Å². The first-order valence-corrected chi connectivity index (χ1v) is 13.9. The third-order valence-corrected chi connectivity index (χ3v) is 8.48. The SMILES string of the molecule is CCc1cc(-c2nnc(SCC(=O)Nc3sc(C)c(-c4ccccc4)c3C(=O)OC)n2CC)cs1. The molecule has 0 radical (unpaired) electrons. The number of thioether (sulfide) groups is 1. The number of benzene rings is 1. The summed E-state index contributed by atoms with van der Waals surface area (Å²) >= 11 is 4.40. The normalized spacial score (nSPS) is 11.0. The number of thiophene rings is 2. The standard InChI is InChI=1S/C25H26N4O3S3/c1-5-18-12-17(13-33-18)22-27-28-25(29(22)6-2)34-14-19(30)26-23-21(24(31)32-4)20(15(3)35-23)16-10-8-7-9-11-16/h7-13H,5-6,14H2,1-4H3,(H,26,30). The van der Waals surface area contributed by atoms with E-state index in [-0.39, 0.29) is 11.7 Å². The Kier molecular flexibility index (Phi) is 8.04. The van der Waals surface area contributed by atoms with Gasteiger partial charge in [-0.15, -0.1) is 32.9 Å². The summed E-state index contributed by atoms with van der Waals surface area (Å²) in [4.78, 5) is 27.8. The van der Waals surface area contributed by atoms with Crippen molar-refractivity contribution >= 4 is 51.3 Å². The topological polar surface area (TPSA) is 86.1 Å². The summed E-state index contributed by atoms with van der Waals surface area (Å²) in [5, 5.41) is 14.9. The zero-order valence-corrected chi connectivity index (χ0v) is 22.4. The number of nitrogens with one attached hydrogen (secondary N) is 1. The second-order valence-electron chi connectivity index (χ2n) is 7.64. The molecule has 35 heavy (non-hydrogen) atoms. The van der Waals surface area contributed by atoms with E-state index in [0.717, 1.165) is 33.8 Å². The third-order valence-electron chi connectivity index (χ3n) is 5.42. The van der Waals surface area contributed by atoms with Gasteiger partial charge in [0.25, 0.3) is 0 Å². The highest BCUT2D eigenvalue weighted by Gasteiger charge is 2.25. The summed E-state index contributed by atoms with van der Waals surface area (Å²) in [6.07, 6.45) is 0.981. The number of anilines is 1. The minimum absolute atomic E-state index is 0.139. The maximum atomic E-state index is 12.9. The quantitative estimate of drug-likeness (QED) is 0.208. The second kappa shape index (κ2) is 11.2. The predicted octanol–water partition coefficient (Wildman–Crippen LogP) is 6.14. The Balaban J connectivity index is 1.52. The number of ether oxygens (including phenoxy) is 1. The number of esters is 1. The van der Waals surface area contributed by atoms with E-state index in [1.54, 1.807) is 11.3 Å². The molecule has 7 nitrogen and oxygen atoms in total. The number of methoxy groups -OCH3 is 1. The number of carbonyl (C=O) groups is 2. The van der Waals surface area contributed by atoms with Gasteiger partial charge in [0.2, 0.25) is 5.91 Å². The van der Waals surface area contributed by atoms with Crippen LogP contribution in [0, 0.1) is 6.92 Å². The lowest BCUT2D eigenvalue weighted by Crippen LogP contribution is -2.16. The molecule has 1 amide bonds. The first-order valence-electron chi connectivity index (χ1n) is 11.2. The van der Waals surface area contributed by atoms with Crippen molar-refractivity contribution in [2.75, 3.05) is 18.2 Å². The molecular formula is C25H26N4O3S3. The summed E-state index contributed by atoms with van der Waals surface area (Å²) < 4.78 is 7.05. The first-order chi connectivity index (χ1) is 17.0. The van der Waals surface area contributed by atoms with Crippen molar-refractivity contribution in [1.82, 2.24) is 14.8 Å². The van der Waals surface area contributed by atoms with Crippen LogP contribution in [0.4, 0.5) is 5.00 Å². The average molecular weight is 527 g/mol. The van der Waals surface area contributed by atoms with Gasteiger partial charge in [-0.2, -0.15) is 0 Å². The molecule has 0 spiro atoms. The molecule has 0 atom stereocenters. The summed E-state index contributed by atoms with van der Waals surface area (Å²) in [6.45, 7) is 6.79. The highest BCUT2D eigenvalue weighted by molar-refractivity contribution is 7.99. The number of hydrogen-bond acceptors (Lipinski definition) is 8. The molecule has 4 rings (SSSR count). The number of aromatic nitrogens is 3. The molecule has 0 aliphatic heterocycles. The van der Waals surface area contributed by atoms with E-state index in [1.165, 1.54) is 35.1 Å². The van der Waals surface area contributed by atoms with Crippen molar-refractivity contribution in [2.45, 2.75) is 38.9 Å². The molecule has 182 valence electrons. The predicted molar refractivity (Wildman–Crippen MR) is 144 cm³/mol. The van der Waals surface area contributed by atoms with Gasteiger partial charge in [-0.1, -0.05) is 49.0 Å². The molecule has 3 heterocycles. The van der Waals surface area contributed by atoms with Crippen LogP contribution >= 0.6 is 34.4 Å². The minimum Gasteiger partial charge on any atom is -0.465 e. The lowest BCUT2D eigenvalue weighted by molar-refractivity contribution is -0.113. The van der Waals surface area contributed by atoms with Gasteiger partial charge < -0.3 is 14.6 Å². The molecule has 0 saturated carbocycles. The van der Waals surface area contributed by atoms with Gasteiger partial charge >= 0.3 is 5.97 Å². The molecule has 0 bridgehead atoms. The van der Waals surface area contributed by atoms with Gasteiger partial charge in [0.05, 0.1) is 12.9 Å². The molecule has 1 aromatic carbocycles. The van der Waals surface area contributed by atoms with Crippen LogP contribution in [-0.2, 0) is 22.5 Å². The van der Waals surface area contributed by atoms with Crippen molar-refractivity contribution in [1.29, 1.82) is 0 Å². The van der Waals surface area contributed by atoms with Crippen molar-refractivity contribution in [3.63, 3.8) is 0 Å². The Bertz CT molecular complexity index is 1340. The highest BCUT2D eigenvalue weighted by atomic mass is 32.2. The van der Waals surface area contributed by atoms with Crippen LogP contribution in [0.15, 0.2) is 46.9 Å². The number of rotatable bonds is 9. The monoisotopic (exact) mass is 526 g/mol. The molecule has 0 fully saturated rings. The molecular weight excluding hydrogens is 501 g/mol. The van der Waals surface area contributed by atoms with E-state index in [4.69, 9.17) is 4.74 Å². The van der Waals surface area contributed by atoms with Crippen LogP contribution in [0.25, 0.3) is 22.5 Å². The van der Waals surface area contributed by atoms with Gasteiger partial charge in [-0.05, 0) is 31.9 Å². The Hall–Kier alpha value is -2.95. The molecule has 1 N–H and O–H groups in total. The molecule has 0 aliphatic carbocycles. The number of hydrogen-bond donors (Lipinski definition) is 1. The van der Waals surface area contributed by atoms with Crippen molar-refractivity contribution < 1.29 is 14.3 Å². The average Bonchev–Trinajstić information content (AvgIpc) is 3.59. The highest BCUT2D eigenvalue weighted by Crippen LogP contribution is 2.40. The summed E-state index contributed by atoms with van der Waals surface area (Å²) in [7, 11) is 1.34. The summed E-state index contributed by atoms with van der Waals surface area (Å²) in [5.41, 5.74) is 3.10. The zero-order valence-electron chi connectivity index (χ0n) is 20.0. The lowest BCUT2D eigenvalue weighted by Gasteiger charge is -2.09. The number of nitrogens with zero attached hydrogens (tertiary/aromatic N) is 3. The van der Waals surface area contributed by atoms with E-state index in [9.17, 15) is 9.59 Å². The Morgan fingerprint density at radius 1 is 1.14 bits per heavy atom. The third kappa shape index (κ3) is 5.34. The molecule has 0 aliphatic rings. The fourth-order valence-electron chi connectivity index (χ4n) is 3.75. The van der Waals surface area contributed by atoms with Gasteiger partial charge in [0.15, 0.2) is 11.0 Å². The van der Waals surface area contributed by atoms with Gasteiger partial charge in [0.1, 0.15) is 10.6 Å². The van der Waals surface area contributed by atoms with Gasteiger partial charge in [-0.25, -0.2) is 4.79 Å². The Labute approximate surface area is 216 Å².